The minimum absolute atomic E-state index is 0. The Labute approximate surface area is 107 Å². The molecule has 6 nitrogen and oxygen atoms in total. The lowest BCUT2D eigenvalue weighted by Crippen LogP contribution is -2.02. The number of nitrogen functional groups attached to an aromatic ring is 1. The van der Waals surface area contributed by atoms with Gasteiger partial charge in [-0.15, -0.1) is 27.2 Å². The molecule has 2 aromatic heterocycles. The smallest absolute Gasteiger partial charge is 0.228 e. The molecule has 2 heterocycles. The summed E-state index contributed by atoms with van der Waals surface area (Å²) in [6.07, 6.45) is 3.56. The fraction of sp³-hybridized carbons (Fsp3) is 0.375. The van der Waals surface area contributed by atoms with E-state index < -0.39 is 0 Å². The molecule has 16 heavy (non-hydrogen) atoms. The predicted octanol–water partition coefficient (Wildman–Crippen LogP) is 1.40. The van der Waals surface area contributed by atoms with Gasteiger partial charge in [0.05, 0.1) is 12.8 Å². The number of rotatable bonds is 3. The highest BCUT2D eigenvalue weighted by molar-refractivity contribution is 8.93. The third-order valence-corrected chi connectivity index (χ3v) is 2.53. The fourth-order valence-electron chi connectivity index (χ4n) is 1.28. The highest BCUT2D eigenvalue weighted by Crippen LogP contribution is 2.23. The lowest BCUT2D eigenvalue weighted by Gasteiger charge is -2.06. The highest BCUT2D eigenvalue weighted by atomic mass is 79.9. The van der Waals surface area contributed by atoms with Crippen LogP contribution < -0.4 is 10.5 Å². The zero-order chi connectivity index (χ0) is 10.8. The summed E-state index contributed by atoms with van der Waals surface area (Å²) in [5.74, 6) is 0.919. The van der Waals surface area contributed by atoms with Gasteiger partial charge < -0.3 is 10.5 Å². The van der Waals surface area contributed by atoms with Crippen molar-refractivity contribution in [2.24, 2.45) is 0 Å². The summed E-state index contributed by atoms with van der Waals surface area (Å²) in [6, 6.07) is 0. The molecule has 0 unspecified atom stereocenters. The van der Waals surface area contributed by atoms with Crippen molar-refractivity contribution >= 4 is 40.3 Å². The monoisotopic (exact) mass is 305 g/mol. The second-order valence-corrected chi connectivity index (χ2v) is 3.53. The van der Waals surface area contributed by atoms with Crippen molar-refractivity contribution < 1.29 is 4.74 Å². The molecule has 88 valence electrons. The van der Waals surface area contributed by atoms with Gasteiger partial charge >= 0.3 is 0 Å². The topological polar surface area (TPSA) is 78.3 Å². The lowest BCUT2D eigenvalue weighted by atomic mass is 10.5. The van der Waals surface area contributed by atoms with E-state index in [0.29, 0.717) is 24.0 Å². The van der Waals surface area contributed by atoms with Crippen molar-refractivity contribution in [1.29, 1.82) is 0 Å². The van der Waals surface area contributed by atoms with Gasteiger partial charge in [0.15, 0.2) is 10.9 Å². The van der Waals surface area contributed by atoms with Crippen LogP contribution in [0.3, 0.4) is 0 Å². The molecular weight excluding hydrogens is 294 g/mol. The number of aromatic nitrogens is 4. The second-order valence-electron chi connectivity index (χ2n) is 2.76. The summed E-state index contributed by atoms with van der Waals surface area (Å²) in [6.45, 7) is 2.46. The van der Waals surface area contributed by atoms with Gasteiger partial charge in [-0.1, -0.05) is 11.8 Å². The van der Waals surface area contributed by atoms with E-state index in [1.165, 1.54) is 11.8 Å². The van der Waals surface area contributed by atoms with Gasteiger partial charge in [-0.2, -0.15) is 0 Å². The molecular formula is C8H12BrN5OS. The Morgan fingerprint density at radius 2 is 2.25 bits per heavy atom. The Morgan fingerprint density at radius 3 is 2.88 bits per heavy atom. The molecule has 0 aliphatic heterocycles. The zero-order valence-corrected chi connectivity index (χ0v) is 11.4. The largest absolute Gasteiger partial charge is 0.488 e. The van der Waals surface area contributed by atoms with Crippen LogP contribution in [0.2, 0.25) is 0 Å². The molecule has 2 aromatic rings. The summed E-state index contributed by atoms with van der Waals surface area (Å²) in [4.78, 5) is 4.22. The van der Waals surface area contributed by atoms with Crippen molar-refractivity contribution in [1.82, 2.24) is 19.6 Å². The van der Waals surface area contributed by atoms with Crippen LogP contribution in [-0.2, 0) is 0 Å². The van der Waals surface area contributed by atoms with Crippen molar-refractivity contribution in [2.75, 3.05) is 18.6 Å². The standard InChI is InChI=1S/C8H11N5OS.BrH/c1-3-14-5-4-10-8(15-2)13-6(5)11-12-7(13)9;/h4H,3H2,1-2H3,(H2,9,12);1H. The van der Waals surface area contributed by atoms with Gasteiger partial charge in [0.25, 0.3) is 0 Å². The first-order valence-electron chi connectivity index (χ1n) is 4.44. The van der Waals surface area contributed by atoms with Crippen molar-refractivity contribution in [3.8, 4) is 5.75 Å². The Hall–Kier alpha value is -1.02. The van der Waals surface area contributed by atoms with Crippen LogP contribution in [0.4, 0.5) is 5.95 Å². The maximum Gasteiger partial charge on any atom is 0.228 e. The summed E-state index contributed by atoms with van der Waals surface area (Å²) >= 11 is 1.48. The number of anilines is 1. The Morgan fingerprint density at radius 1 is 1.50 bits per heavy atom. The molecule has 8 heteroatoms. The first-order valence-corrected chi connectivity index (χ1v) is 5.66. The number of ether oxygens (including phenoxy) is 1. The Kier molecular flexibility index (Phi) is 4.36. The SMILES string of the molecule is Br.CCOc1cnc(SC)n2c(N)nnc12. The number of fused-ring (bicyclic) bond motifs is 1. The van der Waals surface area contributed by atoms with Gasteiger partial charge in [0.2, 0.25) is 11.6 Å². The molecule has 0 radical (unpaired) electrons. The fourth-order valence-corrected chi connectivity index (χ4v) is 1.80. The molecule has 0 saturated carbocycles. The maximum absolute atomic E-state index is 5.70. The average Bonchev–Trinajstić information content (AvgIpc) is 2.63. The minimum Gasteiger partial charge on any atom is -0.488 e. The van der Waals surface area contributed by atoms with Crippen LogP contribution in [-0.4, -0.2) is 32.4 Å². The van der Waals surface area contributed by atoms with E-state index >= 15 is 0 Å². The van der Waals surface area contributed by atoms with E-state index in [2.05, 4.69) is 15.2 Å². The zero-order valence-electron chi connectivity index (χ0n) is 8.88. The highest BCUT2D eigenvalue weighted by Gasteiger charge is 2.12. The first kappa shape index (κ1) is 13.0. The summed E-state index contributed by atoms with van der Waals surface area (Å²) < 4.78 is 7.06. The molecule has 0 amide bonds. The minimum atomic E-state index is 0. The van der Waals surface area contributed by atoms with Crippen molar-refractivity contribution in [3.63, 3.8) is 0 Å². The summed E-state index contributed by atoms with van der Waals surface area (Å²) in [7, 11) is 0. The number of hydrogen-bond acceptors (Lipinski definition) is 6. The van der Waals surface area contributed by atoms with Gasteiger partial charge in [-0.3, -0.25) is 0 Å². The van der Waals surface area contributed by atoms with Gasteiger partial charge in [0.1, 0.15) is 0 Å². The molecule has 0 bridgehead atoms. The quantitative estimate of drug-likeness (QED) is 0.682. The van der Waals surface area contributed by atoms with Crippen molar-refractivity contribution in [2.45, 2.75) is 12.1 Å². The van der Waals surface area contributed by atoms with E-state index in [1.807, 2.05) is 13.2 Å². The number of nitrogens with two attached hydrogens (primary N) is 1. The number of nitrogens with zero attached hydrogens (tertiary/aromatic N) is 4. The molecule has 0 saturated heterocycles. The normalized spacial score (nSPS) is 10.1. The third kappa shape index (κ3) is 2.07. The number of thioether (sulfide) groups is 1. The second kappa shape index (κ2) is 5.35. The summed E-state index contributed by atoms with van der Waals surface area (Å²) in [5.41, 5.74) is 6.30. The Balaban J connectivity index is 0.00000128. The average molecular weight is 306 g/mol. The maximum atomic E-state index is 5.70. The molecule has 2 N–H and O–H groups in total. The first-order chi connectivity index (χ1) is 7.27. The molecule has 0 spiro atoms. The van der Waals surface area contributed by atoms with E-state index in [4.69, 9.17) is 10.5 Å². The van der Waals surface area contributed by atoms with Crippen LogP contribution in [0.5, 0.6) is 5.75 Å². The molecule has 0 aliphatic carbocycles. The van der Waals surface area contributed by atoms with Crippen LogP contribution in [0.15, 0.2) is 11.4 Å². The molecule has 0 aromatic carbocycles. The third-order valence-electron chi connectivity index (χ3n) is 1.87. The van der Waals surface area contributed by atoms with E-state index in [9.17, 15) is 0 Å². The molecule has 0 atom stereocenters. The van der Waals surface area contributed by atoms with Gasteiger partial charge in [0, 0.05) is 0 Å². The Bertz CT molecular complexity index is 488. The van der Waals surface area contributed by atoms with Crippen LogP contribution in [0, 0.1) is 0 Å². The van der Waals surface area contributed by atoms with Crippen LogP contribution >= 0.6 is 28.7 Å². The summed E-state index contributed by atoms with van der Waals surface area (Å²) in [5, 5.41) is 8.51. The number of halogens is 1. The van der Waals surface area contributed by atoms with Gasteiger partial charge in [-0.05, 0) is 13.2 Å². The van der Waals surface area contributed by atoms with E-state index in [0.717, 1.165) is 5.16 Å². The predicted molar refractivity (Wildman–Crippen MR) is 68.5 cm³/mol. The van der Waals surface area contributed by atoms with Crippen LogP contribution in [0.25, 0.3) is 5.65 Å². The number of hydrogen-bond donors (Lipinski definition) is 1. The lowest BCUT2D eigenvalue weighted by molar-refractivity contribution is 0.339. The van der Waals surface area contributed by atoms with Crippen molar-refractivity contribution in [3.05, 3.63) is 6.20 Å². The molecule has 0 aliphatic rings. The molecule has 0 fully saturated rings. The van der Waals surface area contributed by atoms with E-state index in [-0.39, 0.29) is 17.0 Å². The van der Waals surface area contributed by atoms with E-state index in [1.54, 1.807) is 10.6 Å². The van der Waals surface area contributed by atoms with Gasteiger partial charge in [-0.25, -0.2) is 9.38 Å². The molecule has 2 rings (SSSR count). The van der Waals surface area contributed by atoms with Crippen LogP contribution in [0.1, 0.15) is 6.92 Å².